The Balaban J connectivity index is 1.69. The molecule has 0 bridgehead atoms. The van der Waals surface area contributed by atoms with E-state index in [1.54, 1.807) is 23.1 Å². The molecule has 0 fully saturated rings. The van der Waals surface area contributed by atoms with E-state index in [9.17, 15) is 4.79 Å². The van der Waals surface area contributed by atoms with Gasteiger partial charge in [-0.05, 0) is 56.7 Å². The Kier molecular flexibility index (Phi) is 5.10. The van der Waals surface area contributed by atoms with Crippen molar-refractivity contribution in [3.63, 3.8) is 0 Å². The summed E-state index contributed by atoms with van der Waals surface area (Å²) in [6, 6.07) is 11.0. The molecule has 1 amide bonds. The molecular formula is C23H23N5O2. The number of hydrogen-bond acceptors (Lipinski definition) is 6. The average Bonchev–Trinajstić information content (AvgIpc) is 3.14. The fourth-order valence-corrected chi connectivity index (χ4v) is 3.81. The molecule has 3 heterocycles. The second kappa shape index (κ2) is 7.73. The number of pyridine rings is 2. The fraction of sp³-hybridized carbons (Fsp3) is 0.304. The summed E-state index contributed by atoms with van der Waals surface area (Å²) in [5.41, 5.74) is 10.6. The van der Waals surface area contributed by atoms with Crippen molar-refractivity contribution >= 4 is 22.6 Å². The van der Waals surface area contributed by atoms with Crippen LogP contribution < -0.4 is 5.73 Å². The van der Waals surface area contributed by atoms with Crippen molar-refractivity contribution in [3.05, 3.63) is 64.5 Å². The van der Waals surface area contributed by atoms with Gasteiger partial charge in [-0.1, -0.05) is 0 Å². The highest BCUT2D eigenvalue weighted by molar-refractivity contribution is 5.99. The van der Waals surface area contributed by atoms with Crippen molar-refractivity contribution in [2.45, 2.75) is 46.1 Å². The fourth-order valence-electron chi connectivity index (χ4n) is 3.81. The number of benzene rings is 1. The molecule has 30 heavy (non-hydrogen) atoms. The lowest BCUT2D eigenvalue weighted by Gasteiger charge is -2.26. The number of nitrogens with zero attached hydrogens (tertiary/aromatic N) is 4. The van der Waals surface area contributed by atoms with Gasteiger partial charge < -0.3 is 15.4 Å². The standard InChI is InChI=1S/C23H23N5O2/c1-13(2)28(11-17-6-4-15(9-24)10-26-17)23(29)16-5-7-20-18(8-16)19-12-30-14(3)21(19)22(25)27-20/h4-8,10,13-14H,11-12H2,1-3H3,(H2,25,27)/t14-/m1/s1. The molecule has 0 unspecified atom stereocenters. The number of nitrogens with two attached hydrogens (primary N) is 1. The molecule has 7 heteroatoms. The second-order valence-electron chi connectivity index (χ2n) is 7.75. The Morgan fingerprint density at radius 3 is 2.83 bits per heavy atom. The van der Waals surface area contributed by atoms with Gasteiger partial charge in [0.15, 0.2) is 0 Å². The summed E-state index contributed by atoms with van der Waals surface area (Å²) in [4.78, 5) is 23.9. The molecule has 0 radical (unpaired) electrons. The summed E-state index contributed by atoms with van der Waals surface area (Å²) in [5.74, 6) is 0.396. The zero-order chi connectivity index (χ0) is 21.4. The quantitative estimate of drug-likeness (QED) is 0.714. The number of rotatable bonds is 4. The lowest BCUT2D eigenvalue weighted by atomic mass is 10.00. The van der Waals surface area contributed by atoms with Crippen molar-refractivity contribution in [3.8, 4) is 6.07 Å². The third-order valence-corrected chi connectivity index (χ3v) is 5.47. The molecule has 3 aromatic rings. The first kappa shape index (κ1) is 19.8. The molecular weight excluding hydrogens is 378 g/mol. The van der Waals surface area contributed by atoms with Gasteiger partial charge in [0, 0.05) is 28.8 Å². The first-order chi connectivity index (χ1) is 14.4. The van der Waals surface area contributed by atoms with Crippen molar-refractivity contribution < 1.29 is 9.53 Å². The van der Waals surface area contributed by atoms with Gasteiger partial charge in [-0.15, -0.1) is 0 Å². The maximum Gasteiger partial charge on any atom is 0.254 e. The second-order valence-corrected chi connectivity index (χ2v) is 7.75. The van der Waals surface area contributed by atoms with E-state index < -0.39 is 0 Å². The van der Waals surface area contributed by atoms with Gasteiger partial charge >= 0.3 is 0 Å². The third kappa shape index (κ3) is 3.46. The van der Waals surface area contributed by atoms with E-state index in [4.69, 9.17) is 15.7 Å². The van der Waals surface area contributed by atoms with E-state index in [0.717, 1.165) is 27.7 Å². The zero-order valence-electron chi connectivity index (χ0n) is 17.2. The molecule has 4 rings (SSSR count). The van der Waals surface area contributed by atoms with Gasteiger partial charge in [-0.2, -0.15) is 5.26 Å². The SMILES string of the molecule is CC(C)N(Cc1ccc(C#N)cn1)C(=O)c1ccc2nc(N)c3c(c2c1)CO[C@@H]3C. The van der Waals surface area contributed by atoms with Gasteiger partial charge in [-0.25, -0.2) is 4.98 Å². The number of hydrogen-bond donors (Lipinski definition) is 1. The topological polar surface area (TPSA) is 105 Å². The Labute approximate surface area is 175 Å². The largest absolute Gasteiger partial charge is 0.383 e. The molecule has 2 N–H and O–H groups in total. The summed E-state index contributed by atoms with van der Waals surface area (Å²) in [6.45, 7) is 6.71. The maximum atomic E-state index is 13.4. The molecule has 1 aliphatic rings. The van der Waals surface area contributed by atoms with Crippen LogP contribution >= 0.6 is 0 Å². The number of aromatic nitrogens is 2. The van der Waals surface area contributed by atoms with E-state index in [0.29, 0.717) is 30.1 Å². The highest BCUT2D eigenvalue weighted by Gasteiger charge is 2.27. The van der Waals surface area contributed by atoms with E-state index in [1.165, 1.54) is 6.20 Å². The van der Waals surface area contributed by atoms with Crippen LogP contribution in [0.25, 0.3) is 10.9 Å². The molecule has 0 spiro atoms. The van der Waals surface area contributed by atoms with Crippen LogP contribution in [-0.4, -0.2) is 26.8 Å². The minimum absolute atomic E-state index is 0.0238. The molecule has 0 aliphatic carbocycles. The molecule has 152 valence electrons. The summed E-state index contributed by atoms with van der Waals surface area (Å²) in [6.07, 6.45) is 1.42. The van der Waals surface area contributed by atoms with E-state index in [1.807, 2.05) is 32.9 Å². The number of anilines is 1. The lowest BCUT2D eigenvalue weighted by Crippen LogP contribution is -2.36. The van der Waals surface area contributed by atoms with Crippen molar-refractivity contribution in [2.75, 3.05) is 5.73 Å². The van der Waals surface area contributed by atoms with Crippen LogP contribution in [0.4, 0.5) is 5.82 Å². The van der Waals surface area contributed by atoms with E-state index in [2.05, 4.69) is 16.0 Å². The first-order valence-electron chi connectivity index (χ1n) is 9.88. The van der Waals surface area contributed by atoms with Gasteiger partial charge in [0.1, 0.15) is 11.9 Å². The lowest BCUT2D eigenvalue weighted by molar-refractivity contribution is 0.0687. The summed E-state index contributed by atoms with van der Waals surface area (Å²) < 4.78 is 5.75. The third-order valence-electron chi connectivity index (χ3n) is 5.47. The minimum Gasteiger partial charge on any atom is -0.383 e. The van der Waals surface area contributed by atoms with Gasteiger partial charge in [0.2, 0.25) is 0 Å². The molecule has 2 aromatic heterocycles. The Bertz CT molecular complexity index is 1160. The predicted octanol–water partition coefficient (Wildman–Crippen LogP) is 3.73. The van der Waals surface area contributed by atoms with Crippen LogP contribution in [0.2, 0.25) is 0 Å². The summed E-state index contributed by atoms with van der Waals surface area (Å²) >= 11 is 0. The number of nitrogen functional groups attached to an aromatic ring is 1. The molecule has 0 saturated carbocycles. The minimum atomic E-state index is -0.106. The molecule has 1 atom stereocenters. The molecule has 7 nitrogen and oxygen atoms in total. The van der Waals surface area contributed by atoms with Crippen LogP contribution in [0.3, 0.4) is 0 Å². The van der Waals surface area contributed by atoms with Crippen molar-refractivity contribution in [1.82, 2.24) is 14.9 Å². The van der Waals surface area contributed by atoms with E-state index >= 15 is 0 Å². The Morgan fingerprint density at radius 1 is 1.37 bits per heavy atom. The highest BCUT2D eigenvalue weighted by Crippen LogP contribution is 2.38. The van der Waals surface area contributed by atoms with Crippen LogP contribution in [-0.2, 0) is 17.9 Å². The van der Waals surface area contributed by atoms with Crippen LogP contribution in [0, 0.1) is 11.3 Å². The molecule has 0 saturated heterocycles. The smallest absolute Gasteiger partial charge is 0.254 e. The van der Waals surface area contributed by atoms with Gasteiger partial charge in [0.25, 0.3) is 5.91 Å². The first-order valence-corrected chi connectivity index (χ1v) is 9.88. The number of carbonyl (C=O) groups excluding carboxylic acids is 1. The molecule has 1 aliphatic heterocycles. The highest BCUT2D eigenvalue weighted by atomic mass is 16.5. The van der Waals surface area contributed by atoms with Crippen LogP contribution in [0.15, 0.2) is 36.5 Å². The van der Waals surface area contributed by atoms with Crippen molar-refractivity contribution in [1.29, 1.82) is 5.26 Å². The zero-order valence-corrected chi connectivity index (χ0v) is 17.2. The monoisotopic (exact) mass is 401 g/mol. The molecule has 1 aromatic carbocycles. The number of fused-ring (bicyclic) bond motifs is 3. The normalized spacial score (nSPS) is 15.2. The van der Waals surface area contributed by atoms with Gasteiger partial charge in [-0.3, -0.25) is 9.78 Å². The predicted molar refractivity (Wildman–Crippen MR) is 113 cm³/mol. The summed E-state index contributed by atoms with van der Waals surface area (Å²) in [7, 11) is 0. The Hall–Kier alpha value is -3.50. The maximum absolute atomic E-state index is 13.4. The van der Waals surface area contributed by atoms with Gasteiger partial charge in [0.05, 0.1) is 36.0 Å². The number of ether oxygens (including phenoxy) is 1. The number of carbonyl (C=O) groups is 1. The van der Waals surface area contributed by atoms with Crippen LogP contribution in [0.1, 0.15) is 59.6 Å². The number of amides is 1. The van der Waals surface area contributed by atoms with Crippen LogP contribution in [0.5, 0.6) is 0 Å². The van der Waals surface area contributed by atoms with Crippen molar-refractivity contribution in [2.24, 2.45) is 0 Å². The number of nitriles is 1. The Morgan fingerprint density at radius 2 is 2.17 bits per heavy atom. The van der Waals surface area contributed by atoms with E-state index in [-0.39, 0.29) is 18.1 Å². The average molecular weight is 401 g/mol. The summed E-state index contributed by atoms with van der Waals surface area (Å²) in [5, 5.41) is 9.84.